The van der Waals surface area contributed by atoms with Gasteiger partial charge in [0.1, 0.15) is 6.04 Å². The van der Waals surface area contributed by atoms with Crippen LogP contribution in [0.2, 0.25) is 0 Å². The number of alkyl carbamates (subject to hydrolysis) is 2. The number of carbonyl (C=O) groups excluding carboxylic acids is 3. The maximum atomic E-state index is 12.6. The van der Waals surface area contributed by atoms with Gasteiger partial charge in [-0.15, -0.1) is 0 Å². The third-order valence-electron chi connectivity index (χ3n) is 3.56. The zero-order chi connectivity index (χ0) is 17.6. The summed E-state index contributed by atoms with van der Waals surface area (Å²) in [4.78, 5) is 37.2. The minimum absolute atomic E-state index is 0.0699. The number of nitrogens with zero attached hydrogens (tertiary/aromatic N) is 1. The van der Waals surface area contributed by atoms with Gasteiger partial charge in [0.25, 0.3) is 0 Å². The van der Waals surface area contributed by atoms with Crippen LogP contribution >= 0.6 is 0 Å². The number of carbonyl (C=O) groups is 3. The Morgan fingerprint density at radius 3 is 2.30 bits per heavy atom. The van der Waals surface area contributed by atoms with E-state index in [1.807, 2.05) is 13.8 Å². The van der Waals surface area contributed by atoms with Crippen LogP contribution in [0.15, 0.2) is 0 Å². The smallest absolute Gasteiger partial charge is 0.407 e. The summed E-state index contributed by atoms with van der Waals surface area (Å²) in [5, 5.41) is 5.31. The van der Waals surface area contributed by atoms with Crippen molar-refractivity contribution in [1.82, 2.24) is 15.5 Å². The quantitative estimate of drug-likeness (QED) is 0.787. The lowest BCUT2D eigenvalue weighted by molar-refractivity contribution is -0.133. The Hall–Kier alpha value is -1.99. The highest BCUT2D eigenvalue weighted by atomic mass is 16.6. The fourth-order valence-electron chi connectivity index (χ4n) is 2.39. The fourth-order valence-corrected chi connectivity index (χ4v) is 2.39. The van der Waals surface area contributed by atoms with Gasteiger partial charge in [0.15, 0.2) is 0 Å². The molecule has 1 rings (SSSR count). The van der Waals surface area contributed by atoms with Crippen LogP contribution in [0.25, 0.3) is 0 Å². The Balaban J connectivity index is 2.57. The summed E-state index contributed by atoms with van der Waals surface area (Å²) in [5.74, 6) is -0.244. The van der Waals surface area contributed by atoms with Gasteiger partial charge in [-0.05, 0) is 26.2 Å². The third-order valence-corrected chi connectivity index (χ3v) is 3.56. The number of amides is 3. The molecule has 0 aromatic heterocycles. The van der Waals surface area contributed by atoms with Crippen LogP contribution in [0.1, 0.15) is 34.1 Å². The number of rotatable bonds is 5. The Bertz CT molecular complexity index is 439. The SMILES string of the molecule is COC(=O)N[C@H](C(=O)N1CC[C@H](NC(=O)OC(C)C)C1)C(C)C. The Morgan fingerprint density at radius 1 is 1.13 bits per heavy atom. The molecule has 0 aliphatic carbocycles. The van der Waals surface area contributed by atoms with E-state index in [-0.39, 0.29) is 24.0 Å². The molecule has 0 aromatic rings. The molecule has 1 aliphatic heterocycles. The predicted molar refractivity (Wildman–Crippen MR) is 83.9 cm³/mol. The molecule has 1 saturated heterocycles. The number of ether oxygens (including phenoxy) is 2. The van der Waals surface area contributed by atoms with Crippen LogP contribution in [-0.2, 0) is 14.3 Å². The van der Waals surface area contributed by atoms with E-state index in [1.54, 1.807) is 18.7 Å². The first-order chi connectivity index (χ1) is 10.7. The highest BCUT2D eigenvalue weighted by molar-refractivity contribution is 5.86. The van der Waals surface area contributed by atoms with E-state index in [1.165, 1.54) is 7.11 Å². The molecule has 0 aromatic carbocycles. The molecule has 132 valence electrons. The van der Waals surface area contributed by atoms with Gasteiger partial charge in [-0.25, -0.2) is 9.59 Å². The summed E-state index contributed by atoms with van der Waals surface area (Å²) in [6.07, 6.45) is -0.648. The van der Waals surface area contributed by atoms with Gasteiger partial charge in [-0.3, -0.25) is 4.79 Å². The van der Waals surface area contributed by atoms with E-state index < -0.39 is 18.2 Å². The molecule has 1 heterocycles. The highest BCUT2D eigenvalue weighted by Gasteiger charge is 2.34. The molecule has 0 bridgehead atoms. The van der Waals surface area contributed by atoms with Crippen molar-refractivity contribution in [2.24, 2.45) is 5.92 Å². The lowest BCUT2D eigenvalue weighted by Crippen LogP contribution is -2.51. The van der Waals surface area contributed by atoms with Crippen molar-refractivity contribution in [2.75, 3.05) is 20.2 Å². The van der Waals surface area contributed by atoms with E-state index in [2.05, 4.69) is 15.4 Å². The van der Waals surface area contributed by atoms with Crippen molar-refractivity contribution in [3.8, 4) is 0 Å². The van der Waals surface area contributed by atoms with Gasteiger partial charge >= 0.3 is 12.2 Å². The second-order valence-electron chi connectivity index (χ2n) is 6.23. The average molecular weight is 329 g/mol. The molecule has 0 spiro atoms. The molecule has 8 nitrogen and oxygen atoms in total. The van der Waals surface area contributed by atoms with Gasteiger partial charge < -0.3 is 25.0 Å². The largest absolute Gasteiger partial charge is 0.453 e. The van der Waals surface area contributed by atoms with Gasteiger partial charge in [0, 0.05) is 13.1 Å². The normalized spacial score (nSPS) is 18.7. The van der Waals surface area contributed by atoms with Crippen molar-refractivity contribution in [3.63, 3.8) is 0 Å². The lowest BCUT2D eigenvalue weighted by Gasteiger charge is -2.26. The first kappa shape index (κ1) is 19.1. The van der Waals surface area contributed by atoms with E-state index in [4.69, 9.17) is 4.74 Å². The molecule has 3 amide bonds. The van der Waals surface area contributed by atoms with Crippen molar-refractivity contribution >= 4 is 18.1 Å². The van der Waals surface area contributed by atoms with Gasteiger partial charge in [-0.2, -0.15) is 0 Å². The van der Waals surface area contributed by atoms with Crippen LogP contribution < -0.4 is 10.6 Å². The molecule has 0 radical (unpaired) electrons. The Kier molecular flexibility index (Phi) is 7.12. The zero-order valence-corrected chi connectivity index (χ0v) is 14.4. The van der Waals surface area contributed by atoms with Crippen LogP contribution in [0.3, 0.4) is 0 Å². The van der Waals surface area contributed by atoms with E-state index in [9.17, 15) is 14.4 Å². The lowest BCUT2D eigenvalue weighted by atomic mass is 10.0. The van der Waals surface area contributed by atoms with E-state index in [0.29, 0.717) is 19.5 Å². The Morgan fingerprint density at radius 2 is 1.78 bits per heavy atom. The topological polar surface area (TPSA) is 97.0 Å². The molecule has 1 fully saturated rings. The molecule has 2 atom stereocenters. The number of nitrogens with one attached hydrogen (secondary N) is 2. The number of hydrogen-bond donors (Lipinski definition) is 2. The fraction of sp³-hybridized carbons (Fsp3) is 0.800. The summed E-state index contributed by atoms with van der Waals surface area (Å²) < 4.78 is 9.59. The first-order valence-corrected chi connectivity index (χ1v) is 7.85. The number of likely N-dealkylation sites (tertiary alicyclic amines) is 1. The van der Waals surface area contributed by atoms with Crippen molar-refractivity contribution < 1.29 is 23.9 Å². The summed E-state index contributed by atoms with van der Waals surface area (Å²) >= 11 is 0. The summed E-state index contributed by atoms with van der Waals surface area (Å²) in [6, 6.07) is -0.792. The monoisotopic (exact) mass is 329 g/mol. The van der Waals surface area contributed by atoms with Crippen LogP contribution in [0.5, 0.6) is 0 Å². The summed E-state index contributed by atoms with van der Waals surface area (Å²) in [6.45, 7) is 8.18. The second kappa shape index (κ2) is 8.59. The van der Waals surface area contributed by atoms with Gasteiger partial charge in [0.05, 0.1) is 19.3 Å². The van der Waals surface area contributed by atoms with Crippen LogP contribution in [-0.4, -0.2) is 61.4 Å². The molecule has 2 N–H and O–H groups in total. The van der Waals surface area contributed by atoms with Crippen molar-refractivity contribution in [3.05, 3.63) is 0 Å². The van der Waals surface area contributed by atoms with Crippen LogP contribution in [0.4, 0.5) is 9.59 Å². The average Bonchev–Trinajstić information content (AvgIpc) is 2.90. The third kappa shape index (κ3) is 5.96. The summed E-state index contributed by atoms with van der Waals surface area (Å²) in [5.41, 5.74) is 0. The summed E-state index contributed by atoms with van der Waals surface area (Å²) in [7, 11) is 1.26. The molecule has 1 aliphatic rings. The minimum Gasteiger partial charge on any atom is -0.453 e. The zero-order valence-electron chi connectivity index (χ0n) is 14.4. The standard InChI is InChI=1S/C15H27N3O5/c1-9(2)12(17-14(20)22-5)13(19)18-7-6-11(8-18)16-15(21)23-10(3)4/h9-12H,6-8H2,1-5H3,(H,16,21)(H,17,20)/t11-,12-/m0/s1. The van der Waals surface area contributed by atoms with E-state index in [0.717, 1.165) is 0 Å². The van der Waals surface area contributed by atoms with Gasteiger partial charge in [0.2, 0.25) is 5.91 Å². The Labute approximate surface area is 136 Å². The van der Waals surface area contributed by atoms with Gasteiger partial charge in [-0.1, -0.05) is 13.8 Å². The molecular weight excluding hydrogens is 302 g/mol. The maximum Gasteiger partial charge on any atom is 0.407 e. The minimum atomic E-state index is -0.649. The predicted octanol–water partition coefficient (Wildman–Crippen LogP) is 1.10. The molecule has 0 saturated carbocycles. The van der Waals surface area contributed by atoms with E-state index >= 15 is 0 Å². The highest BCUT2D eigenvalue weighted by Crippen LogP contribution is 2.14. The molecule has 8 heteroatoms. The van der Waals surface area contributed by atoms with Crippen molar-refractivity contribution in [1.29, 1.82) is 0 Å². The molecular formula is C15H27N3O5. The van der Waals surface area contributed by atoms with Crippen LogP contribution in [0, 0.1) is 5.92 Å². The maximum absolute atomic E-state index is 12.6. The molecule has 23 heavy (non-hydrogen) atoms. The number of hydrogen-bond acceptors (Lipinski definition) is 5. The second-order valence-corrected chi connectivity index (χ2v) is 6.23. The number of methoxy groups -OCH3 is 1. The first-order valence-electron chi connectivity index (χ1n) is 7.85. The van der Waals surface area contributed by atoms with Crippen molar-refractivity contribution in [2.45, 2.75) is 52.3 Å². The molecule has 0 unspecified atom stereocenters.